The fourth-order valence-electron chi connectivity index (χ4n) is 6.74. The summed E-state index contributed by atoms with van der Waals surface area (Å²) >= 11 is 0. The smallest absolute Gasteiger partial charge is 0.241 e. The van der Waals surface area contributed by atoms with Crippen molar-refractivity contribution in [3.05, 3.63) is 64.2 Å². The summed E-state index contributed by atoms with van der Waals surface area (Å²) in [6.07, 6.45) is 9.84. The van der Waals surface area contributed by atoms with Gasteiger partial charge in [-0.3, -0.25) is 9.69 Å². The number of quaternary nitrogens is 1. The number of carbonyl (C=O) groups is 1. The van der Waals surface area contributed by atoms with Crippen LogP contribution in [0.15, 0.2) is 36.4 Å². The number of aliphatic hydroxyl groups is 1. The number of methoxy groups -OCH3 is 1. The van der Waals surface area contributed by atoms with Gasteiger partial charge in [0.05, 0.1) is 25.7 Å². The van der Waals surface area contributed by atoms with E-state index in [0.29, 0.717) is 0 Å². The highest BCUT2D eigenvalue weighted by Crippen LogP contribution is 2.25. The van der Waals surface area contributed by atoms with E-state index in [2.05, 4.69) is 68.2 Å². The number of rotatable bonds is 18. The van der Waals surface area contributed by atoms with Gasteiger partial charge in [-0.1, -0.05) is 49.2 Å². The molecule has 1 amide bonds. The van der Waals surface area contributed by atoms with Crippen LogP contribution in [0.2, 0.25) is 0 Å². The van der Waals surface area contributed by atoms with Gasteiger partial charge in [0.25, 0.3) is 0 Å². The number of likely N-dealkylation sites (tertiary alicyclic amines) is 1. The van der Waals surface area contributed by atoms with Gasteiger partial charge in [0.2, 0.25) is 5.91 Å². The number of carbonyl (C=O) groups excluding carboxylic acids is 1. The third-order valence-electron chi connectivity index (χ3n) is 9.42. The quantitative estimate of drug-likeness (QED) is 0.152. The van der Waals surface area contributed by atoms with Crippen molar-refractivity contribution >= 4 is 11.6 Å². The number of unbranched alkanes of at least 4 members (excludes halogenated alkanes) is 4. The van der Waals surface area contributed by atoms with Gasteiger partial charge >= 0.3 is 0 Å². The molecule has 0 radical (unpaired) electrons. The number of nitrogens with one attached hydrogen (secondary N) is 1. The number of hydrogen-bond donors (Lipinski definition) is 2. The maximum Gasteiger partial charge on any atom is 0.241 e. The van der Waals surface area contributed by atoms with Crippen LogP contribution < -0.4 is 5.32 Å². The average Bonchev–Trinajstić information content (AvgIpc) is 2.98. The molecule has 6 nitrogen and oxygen atoms in total. The molecule has 0 spiro atoms. The topological polar surface area (TPSA) is 61.8 Å². The molecule has 0 bridgehead atoms. The van der Waals surface area contributed by atoms with Crippen molar-refractivity contribution in [3.8, 4) is 0 Å². The van der Waals surface area contributed by atoms with E-state index in [1.165, 1.54) is 42.4 Å². The van der Waals surface area contributed by atoms with E-state index in [4.69, 9.17) is 4.74 Å². The number of aryl methyl sites for hydroxylation is 4. The maximum atomic E-state index is 13.3. The van der Waals surface area contributed by atoms with Gasteiger partial charge < -0.3 is 19.6 Å². The predicted octanol–water partition coefficient (Wildman–Crippen LogP) is 6.71. The first-order chi connectivity index (χ1) is 20.3. The van der Waals surface area contributed by atoms with Crippen molar-refractivity contribution in [3.63, 3.8) is 0 Å². The number of ether oxygens (including phenoxy) is 1. The molecule has 2 atom stereocenters. The molecule has 42 heavy (non-hydrogen) atoms. The molecule has 2 aromatic rings. The van der Waals surface area contributed by atoms with E-state index in [0.717, 1.165) is 99.3 Å². The summed E-state index contributed by atoms with van der Waals surface area (Å²) in [5, 5.41) is 12.8. The Bertz CT molecular complexity index is 1060. The Morgan fingerprint density at radius 1 is 0.881 bits per heavy atom. The van der Waals surface area contributed by atoms with Crippen LogP contribution in [-0.4, -0.2) is 79.5 Å². The van der Waals surface area contributed by atoms with Crippen molar-refractivity contribution in [2.45, 2.75) is 98.1 Å². The summed E-state index contributed by atoms with van der Waals surface area (Å²) < 4.78 is 6.61. The lowest BCUT2D eigenvalue weighted by Gasteiger charge is -2.40. The number of amides is 1. The Morgan fingerprint density at radius 3 is 2.14 bits per heavy atom. The Morgan fingerprint density at radius 2 is 1.50 bits per heavy atom. The van der Waals surface area contributed by atoms with Crippen LogP contribution in [0.25, 0.3) is 0 Å². The van der Waals surface area contributed by atoms with Gasteiger partial charge in [-0.05, 0) is 108 Å². The average molecular weight is 581 g/mol. The third-order valence-corrected chi connectivity index (χ3v) is 9.42. The standard InChI is InChI=1S/C36H57N3O3/c1-29-16-14-17-30(2)33(29)28-39(25-27-42-5,24-12-13-26-40)23-11-7-6-9-21-38-22-10-8-20-34(38)36(41)37-35-31(3)18-15-19-32(35)4/h14-19,34,40H,6-13,20-28H2,1-5H3/p+1. The minimum atomic E-state index is -0.0278. The van der Waals surface area contributed by atoms with Crippen LogP contribution in [0.1, 0.15) is 85.6 Å². The first-order valence-electron chi connectivity index (χ1n) is 16.4. The van der Waals surface area contributed by atoms with Crippen molar-refractivity contribution in [1.82, 2.24) is 4.90 Å². The number of benzene rings is 2. The molecule has 1 aliphatic rings. The zero-order valence-electron chi connectivity index (χ0n) is 27.2. The highest BCUT2D eigenvalue weighted by atomic mass is 16.5. The second-order valence-electron chi connectivity index (χ2n) is 12.7. The number of piperidine rings is 1. The first-order valence-corrected chi connectivity index (χ1v) is 16.4. The molecular weight excluding hydrogens is 522 g/mol. The molecule has 234 valence electrons. The van der Waals surface area contributed by atoms with Crippen LogP contribution >= 0.6 is 0 Å². The van der Waals surface area contributed by atoms with Gasteiger partial charge in [-0.2, -0.15) is 0 Å². The fourth-order valence-corrected chi connectivity index (χ4v) is 6.74. The molecule has 0 saturated carbocycles. The summed E-state index contributed by atoms with van der Waals surface area (Å²) in [5.41, 5.74) is 7.43. The van der Waals surface area contributed by atoms with Gasteiger partial charge in [-0.25, -0.2) is 0 Å². The normalized spacial score (nSPS) is 17.2. The van der Waals surface area contributed by atoms with Crippen LogP contribution in [-0.2, 0) is 16.1 Å². The van der Waals surface area contributed by atoms with Crippen LogP contribution in [0.3, 0.4) is 0 Å². The van der Waals surface area contributed by atoms with Crippen molar-refractivity contribution < 1.29 is 19.1 Å². The lowest BCUT2D eigenvalue weighted by Crippen LogP contribution is -2.51. The monoisotopic (exact) mass is 580 g/mol. The molecule has 1 aliphatic heterocycles. The summed E-state index contributed by atoms with van der Waals surface area (Å²) in [7, 11) is 1.80. The van der Waals surface area contributed by atoms with Crippen molar-refractivity contribution in [2.24, 2.45) is 0 Å². The lowest BCUT2D eigenvalue weighted by atomic mass is 9.99. The van der Waals surface area contributed by atoms with Gasteiger partial charge in [0.1, 0.15) is 13.1 Å². The number of hydrogen-bond acceptors (Lipinski definition) is 4. The van der Waals surface area contributed by atoms with Gasteiger partial charge in [0, 0.05) is 25.0 Å². The van der Waals surface area contributed by atoms with E-state index in [1.807, 2.05) is 6.07 Å². The largest absolute Gasteiger partial charge is 0.396 e. The van der Waals surface area contributed by atoms with Crippen molar-refractivity contribution in [1.29, 1.82) is 0 Å². The SMILES string of the molecule is COCC[N+](CCCCO)(CCCCCCN1CCCCC1C(=O)Nc1c(C)cccc1C)Cc1c(C)cccc1C. The second kappa shape index (κ2) is 17.8. The summed E-state index contributed by atoms with van der Waals surface area (Å²) in [4.78, 5) is 15.8. The van der Waals surface area contributed by atoms with Crippen LogP contribution in [0, 0.1) is 27.7 Å². The molecule has 1 saturated heterocycles. The fraction of sp³-hybridized carbons (Fsp3) is 0.639. The molecule has 1 heterocycles. The lowest BCUT2D eigenvalue weighted by molar-refractivity contribution is -0.941. The first kappa shape index (κ1) is 34.2. The molecule has 3 rings (SSSR count). The van der Waals surface area contributed by atoms with Gasteiger partial charge in [-0.15, -0.1) is 0 Å². The number of aliphatic hydroxyl groups excluding tert-OH is 1. The molecule has 0 aromatic heterocycles. The molecule has 6 heteroatoms. The molecule has 2 N–H and O–H groups in total. The Balaban J connectivity index is 1.55. The Labute approximate surface area is 256 Å². The minimum absolute atomic E-state index is 0.0278. The number of anilines is 1. The minimum Gasteiger partial charge on any atom is -0.396 e. The zero-order valence-corrected chi connectivity index (χ0v) is 27.2. The molecule has 0 aliphatic carbocycles. The summed E-state index contributed by atoms with van der Waals surface area (Å²) in [5.74, 6) is 0.154. The van der Waals surface area contributed by atoms with E-state index >= 15 is 0 Å². The molecule has 1 fully saturated rings. The number of para-hydroxylation sites is 1. The third kappa shape index (κ3) is 10.2. The van der Waals surface area contributed by atoms with E-state index in [1.54, 1.807) is 7.11 Å². The summed E-state index contributed by atoms with van der Waals surface area (Å²) in [6.45, 7) is 15.9. The van der Waals surface area contributed by atoms with E-state index in [9.17, 15) is 9.90 Å². The zero-order chi connectivity index (χ0) is 30.4. The van der Waals surface area contributed by atoms with Crippen molar-refractivity contribution in [2.75, 3.05) is 58.4 Å². The Kier molecular flexibility index (Phi) is 14.5. The predicted molar refractivity (Wildman–Crippen MR) is 175 cm³/mol. The Hall–Kier alpha value is -2.25. The van der Waals surface area contributed by atoms with Crippen LogP contribution in [0.5, 0.6) is 0 Å². The van der Waals surface area contributed by atoms with Crippen LogP contribution in [0.4, 0.5) is 5.69 Å². The molecule has 2 aromatic carbocycles. The second-order valence-corrected chi connectivity index (χ2v) is 12.7. The highest BCUT2D eigenvalue weighted by molar-refractivity contribution is 5.96. The maximum absolute atomic E-state index is 13.3. The molecule has 2 unspecified atom stereocenters. The molecular formula is C36H58N3O3+. The van der Waals surface area contributed by atoms with E-state index < -0.39 is 0 Å². The van der Waals surface area contributed by atoms with Gasteiger partial charge in [0.15, 0.2) is 0 Å². The van der Waals surface area contributed by atoms with E-state index in [-0.39, 0.29) is 18.6 Å². The summed E-state index contributed by atoms with van der Waals surface area (Å²) in [6, 6.07) is 12.8. The number of nitrogens with zero attached hydrogens (tertiary/aromatic N) is 2. The highest BCUT2D eigenvalue weighted by Gasteiger charge is 2.30.